The average molecular weight is 457 g/mol. The summed E-state index contributed by atoms with van der Waals surface area (Å²) >= 11 is 13.4. The normalized spacial score (nSPS) is 10.9. The predicted molar refractivity (Wildman–Crippen MR) is 122 cm³/mol. The summed E-state index contributed by atoms with van der Waals surface area (Å²) in [7, 11) is 0. The highest BCUT2D eigenvalue weighted by Gasteiger charge is 2.23. The van der Waals surface area contributed by atoms with Gasteiger partial charge < -0.3 is 4.42 Å². The molecule has 0 aliphatic rings. The summed E-state index contributed by atoms with van der Waals surface area (Å²) in [6, 6.07) is 13.2. The molecule has 30 heavy (non-hydrogen) atoms. The maximum atomic E-state index is 13.1. The van der Waals surface area contributed by atoms with Crippen LogP contribution in [-0.2, 0) is 0 Å². The third-order valence-electron chi connectivity index (χ3n) is 4.34. The minimum Gasteiger partial charge on any atom is -0.451 e. The quantitative estimate of drug-likeness (QED) is 0.342. The monoisotopic (exact) mass is 456 g/mol. The van der Waals surface area contributed by atoms with Crippen LogP contribution in [0.2, 0.25) is 10.0 Å². The van der Waals surface area contributed by atoms with Crippen molar-refractivity contribution in [2.75, 3.05) is 11.4 Å². The molecule has 2 aromatic carbocycles. The summed E-state index contributed by atoms with van der Waals surface area (Å²) in [5, 5.41) is 3.54. The van der Waals surface area contributed by atoms with Crippen molar-refractivity contribution < 1.29 is 9.21 Å². The van der Waals surface area contributed by atoms with E-state index in [1.807, 2.05) is 5.38 Å². The molecule has 0 atom stereocenters. The van der Waals surface area contributed by atoms with Gasteiger partial charge in [0.1, 0.15) is 5.58 Å². The topological polar surface area (TPSA) is 63.4 Å². The molecule has 2 heterocycles. The van der Waals surface area contributed by atoms with Crippen molar-refractivity contribution in [3.63, 3.8) is 0 Å². The average Bonchev–Trinajstić information content (AvgIpc) is 3.23. The van der Waals surface area contributed by atoms with Crippen molar-refractivity contribution in [1.82, 2.24) is 4.98 Å². The molecule has 0 spiro atoms. The largest absolute Gasteiger partial charge is 0.451 e. The molecular formula is C22H14Cl2N2O3S. The highest BCUT2D eigenvalue weighted by molar-refractivity contribution is 7.14. The van der Waals surface area contributed by atoms with Crippen LogP contribution in [-0.4, -0.2) is 17.4 Å². The lowest BCUT2D eigenvalue weighted by atomic mass is 10.2. The second kappa shape index (κ2) is 8.44. The third kappa shape index (κ3) is 3.89. The van der Waals surface area contributed by atoms with Crippen LogP contribution >= 0.6 is 34.5 Å². The van der Waals surface area contributed by atoms with E-state index >= 15 is 0 Å². The Kier molecular flexibility index (Phi) is 5.72. The van der Waals surface area contributed by atoms with Crippen molar-refractivity contribution in [2.45, 2.75) is 0 Å². The number of rotatable bonds is 5. The molecule has 150 valence electrons. The zero-order valence-corrected chi connectivity index (χ0v) is 17.8. The Labute approximate surface area is 185 Å². The van der Waals surface area contributed by atoms with E-state index in [1.54, 1.807) is 48.5 Å². The van der Waals surface area contributed by atoms with Crippen molar-refractivity contribution >= 4 is 56.5 Å². The Morgan fingerprint density at radius 3 is 2.73 bits per heavy atom. The first-order valence-electron chi connectivity index (χ1n) is 8.84. The maximum Gasteiger partial charge on any atom is 0.296 e. The minimum atomic E-state index is -0.479. The van der Waals surface area contributed by atoms with Gasteiger partial charge in [0.15, 0.2) is 16.3 Å². The molecule has 0 saturated carbocycles. The summed E-state index contributed by atoms with van der Waals surface area (Å²) in [4.78, 5) is 31.5. The molecule has 5 nitrogen and oxygen atoms in total. The molecule has 0 fully saturated rings. The van der Waals surface area contributed by atoms with Crippen LogP contribution in [0.25, 0.3) is 22.2 Å². The number of benzene rings is 2. The maximum absolute atomic E-state index is 13.1. The van der Waals surface area contributed by atoms with Crippen molar-refractivity contribution in [3.05, 3.63) is 92.6 Å². The van der Waals surface area contributed by atoms with Gasteiger partial charge in [0.05, 0.1) is 21.1 Å². The van der Waals surface area contributed by atoms with Crippen LogP contribution in [0.15, 0.2) is 75.8 Å². The van der Waals surface area contributed by atoms with Gasteiger partial charge in [-0.25, -0.2) is 4.98 Å². The predicted octanol–water partition coefficient (Wildman–Crippen LogP) is 6.06. The van der Waals surface area contributed by atoms with E-state index in [9.17, 15) is 9.59 Å². The molecule has 0 aliphatic carbocycles. The number of halogens is 2. The van der Waals surface area contributed by atoms with E-state index in [2.05, 4.69) is 11.6 Å². The Hall–Kier alpha value is -2.93. The van der Waals surface area contributed by atoms with E-state index in [-0.39, 0.29) is 17.7 Å². The smallest absolute Gasteiger partial charge is 0.296 e. The molecule has 0 radical (unpaired) electrons. The number of para-hydroxylation sites is 1. The van der Waals surface area contributed by atoms with Gasteiger partial charge >= 0.3 is 0 Å². The van der Waals surface area contributed by atoms with Gasteiger partial charge in [0, 0.05) is 23.6 Å². The number of carbonyl (C=O) groups excluding carboxylic acids is 1. The summed E-state index contributed by atoms with van der Waals surface area (Å²) in [5.41, 5.74) is 1.49. The van der Waals surface area contributed by atoms with Gasteiger partial charge in [-0.1, -0.05) is 47.5 Å². The zero-order valence-electron chi connectivity index (χ0n) is 15.5. The van der Waals surface area contributed by atoms with Gasteiger partial charge in [-0.2, -0.15) is 0 Å². The highest BCUT2D eigenvalue weighted by Crippen LogP contribution is 2.32. The van der Waals surface area contributed by atoms with Crippen LogP contribution < -0.4 is 10.3 Å². The molecule has 2 aromatic heterocycles. The molecule has 0 saturated heterocycles. The molecule has 0 bridgehead atoms. The number of hydrogen-bond acceptors (Lipinski definition) is 5. The highest BCUT2D eigenvalue weighted by atomic mass is 35.5. The summed E-state index contributed by atoms with van der Waals surface area (Å²) < 4.78 is 5.69. The zero-order chi connectivity index (χ0) is 21.3. The number of hydrogen-bond donors (Lipinski definition) is 0. The summed E-state index contributed by atoms with van der Waals surface area (Å²) in [6.45, 7) is 3.91. The molecule has 0 N–H and O–H groups in total. The molecule has 1 amide bonds. The van der Waals surface area contributed by atoms with Gasteiger partial charge in [0.2, 0.25) is 0 Å². The Balaban J connectivity index is 1.71. The molecule has 8 heteroatoms. The second-order valence-electron chi connectivity index (χ2n) is 6.32. The fraction of sp³-hybridized carbons (Fsp3) is 0.0455. The Morgan fingerprint density at radius 1 is 1.17 bits per heavy atom. The number of anilines is 1. The molecule has 0 unspecified atom stereocenters. The Bertz CT molecular complexity index is 1330. The Morgan fingerprint density at radius 2 is 1.97 bits per heavy atom. The summed E-state index contributed by atoms with van der Waals surface area (Å²) in [6.07, 6.45) is 1.58. The molecular weight excluding hydrogens is 443 g/mol. The van der Waals surface area contributed by atoms with Gasteiger partial charge in [0.25, 0.3) is 5.91 Å². The van der Waals surface area contributed by atoms with Crippen LogP contribution in [0.4, 0.5) is 5.13 Å². The van der Waals surface area contributed by atoms with Gasteiger partial charge in [-0.3, -0.25) is 14.5 Å². The van der Waals surface area contributed by atoms with E-state index in [4.69, 9.17) is 27.6 Å². The minimum absolute atomic E-state index is 0.0631. The SMILES string of the molecule is C=CCN(C(=O)c1cc(=O)c2ccccc2o1)c1nc(-c2ccc(Cl)c(Cl)c2)cs1. The summed E-state index contributed by atoms with van der Waals surface area (Å²) in [5.74, 6) is -0.542. The lowest BCUT2D eigenvalue weighted by molar-refractivity contribution is 0.0963. The van der Waals surface area contributed by atoms with E-state index < -0.39 is 5.91 Å². The number of amides is 1. The van der Waals surface area contributed by atoms with Crippen LogP contribution in [0.5, 0.6) is 0 Å². The molecule has 4 aromatic rings. The van der Waals surface area contributed by atoms with Crippen LogP contribution in [0, 0.1) is 0 Å². The first-order valence-corrected chi connectivity index (χ1v) is 10.5. The number of fused-ring (bicyclic) bond motifs is 1. The van der Waals surface area contributed by atoms with Crippen LogP contribution in [0.1, 0.15) is 10.6 Å². The first kappa shape index (κ1) is 20.3. The molecule has 4 rings (SSSR count). The van der Waals surface area contributed by atoms with Gasteiger partial charge in [-0.15, -0.1) is 17.9 Å². The molecule has 0 aliphatic heterocycles. The lowest BCUT2D eigenvalue weighted by Crippen LogP contribution is -2.31. The number of nitrogens with zero attached hydrogens (tertiary/aromatic N) is 2. The fourth-order valence-corrected chi connectivity index (χ4v) is 4.04. The number of carbonyl (C=O) groups is 1. The van der Waals surface area contributed by atoms with E-state index in [1.165, 1.54) is 22.3 Å². The fourth-order valence-electron chi connectivity index (χ4n) is 2.90. The van der Waals surface area contributed by atoms with E-state index in [0.29, 0.717) is 31.8 Å². The van der Waals surface area contributed by atoms with Crippen LogP contribution in [0.3, 0.4) is 0 Å². The van der Waals surface area contributed by atoms with E-state index in [0.717, 1.165) is 5.56 Å². The first-order chi connectivity index (χ1) is 14.5. The van der Waals surface area contributed by atoms with Crippen molar-refractivity contribution in [2.24, 2.45) is 0 Å². The standard InChI is InChI=1S/C22H14Cl2N2O3S/c1-2-9-26(21(28)20-11-18(27)14-5-3-4-6-19(14)29-20)22-25-17(12-30-22)13-7-8-15(23)16(24)10-13/h2-8,10-12H,1,9H2. The number of aromatic nitrogens is 1. The number of thiazole rings is 1. The third-order valence-corrected chi connectivity index (χ3v) is 5.94. The lowest BCUT2D eigenvalue weighted by Gasteiger charge is -2.17. The second-order valence-corrected chi connectivity index (χ2v) is 7.97. The van der Waals surface area contributed by atoms with Crippen molar-refractivity contribution in [3.8, 4) is 11.3 Å². The van der Waals surface area contributed by atoms with Crippen molar-refractivity contribution in [1.29, 1.82) is 0 Å². The van der Waals surface area contributed by atoms with Gasteiger partial charge in [-0.05, 0) is 24.3 Å².